The van der Waals surface area contributed by atoms with E-state index in [9.17, 15) is 4.79 Å². The quantitative estimate of drug-likeness (QED) is 0.852. The molecule has 1 aromatic heterocycles. The molecule has 0 unspecified atom stereocenters. The zero-order chi connectivity index (χ0) is 14.1. The number of anilines is 1. The molecular weight excluding hydrogens is 290 g/mol. The van der Waals surface area contributed by atoms with Gasteiger partial charge in [-0.05, 0) is 25.0 Å². The molecule has 4 nitrogen and oxygen atoms in total. The maximum absolute atomic E-state index is 12.2. The number of thiocarbonyl (C=S) groups is 1. The molecule has 2 aromatic rings. The number of aromatic nitrogens is 1. The fourth-order valence-corrected chi connectivity index (χ4v) is 2.81. The number of thiazole rings is 1. The summed E-state index contributed by atoms with van der Waals surface area (Å²) in [5, 5.41) is 5.46. The van der Waals surface area contributed by atoms with Crippen molar-refractivity contribution >= 4 is 39.6 Å². The lowest BCUT2D eigenvalue weighted by Gasteiger charge is -2.04. The van der Waals surface area contributed by atoms with Crippen LogP contribution in [0.4, 0.5) is 5.13 Å². The van der Waals surface area contributed by atoms with Gasteiger partial charge in [-0.2, -0.15) is 0 Å². The number of rotatable bonds is 4. The van der Waals surface area contributed by atoms with Gasteiger partial charge in [0.2, 0.25) is 0 Å². The van der Waals surface area contributed by atoms with Gasteiger partial charge in [0.15, 0.2) is 5.13 Å². The van der Waals surface area contributed by atoms with Gasteiger partial charge in [-0.1, -0.05) is 24.4 Å². The van der Waals surface area contributed by atoms with Crippen LogP contribution in [0.3, 0.4) is 0 Å². The van der Waals surface area contributed by atoms with Crippen LogP contribution in [0.15, 0.2) is 29.6 Å². The first-order valence-corrected chi connectivity index (χ1v) is 7.59. The standard InChI is InChI=1S/C14H13N3OS2/c15-12(19)9-2-1-3-10(6-9)13(18)17-14-16-11(7-20-14)8-4-5-8/h1-3,6-8H,4-5H2,(H2,15,19)(H,16,17,18). The average molecular weight is 303 g/mol. The number of hydrogen-bond donors (Lipinski definition) is 2. The minimum atomic E-state index is -0.195. The van der Waals surface area contributed by atoms with Crippen molar-refractivity contribution in [2.24, 2.45) is 5.73 Å². The molecule has 0 spiro atoms. The Kier molecular flexibility index (Phi) is 3.50. The smallest absolute Gasteiger partial charge is 0.257 e. The minimum Gasteiger partial charge on any atom is -0.389 e. The zero-order valence-electron chi connectivity index (χ0n) is 10.6. The lowest BCUT2D eigenvalue weighted by atomic mass is 10.1. The number of carbonyl (C=O) groups excluding carboxylic acids is 1. The second-order valence-corrected chi connectivity index (χ2v) is 6.05. The topological polar surface area (TPSA) is 68.0 Å². The Morgan fingerprint density at radius 1 is 1.40 bits per heavy atom. The van der Waals surface area contributed by atoms with Crippen LogP contribution in [-0.4, -0.2) is 15.9 Å². The summed E-state index contributed by atoms with van der Waals surface area (Å²) in [6, 6.07) is 6.97. The van der Waals surface area contributed by atoms with Crippen molar-refractivity contribution in [2.75, 3.05) is 5.32 Å². The van der Waals surface area contributed by atoms with Gasteiger partial charge in [0.1, 0.15) is 4.99 Å². The van der Waals surface area contributed by atoms with Gasteiger partial charge < -0.3 is 5.73 Å². The molecule has 0 saturated heterocycles. The number of nitrogens with one attached hydrogen (secondary N) is 1. The molecule has 6 heteroatoms. The normalized spacial score (nSPS) is 14.0. The lowest BCUT2D eigenvalue weighted by molar-refractivity contribution is 0.102. The minimum absolute atomic E-state index is 0.195. The molecule has 0 bridgehead atoms. The van der Waals surface area contributed by atoms with Gasteiger partial charge in [0.05, 0.1) is 5.69 Å². The van der Waals surface area contributed by atoms with Crippen LogP contribution in [0.2, 0.25) is 0 Å². The van der Waals surface area contributed by atoms with Crippen LogP contribution in [-0.2, 0) is 0 Å². The Morgan fingerprint density at radius 2 is 2.15 bits per heavy atom. The van der Waals surface area contributed by atoms with Crippen LogP contribution < -0.4 is 11.1 Å². The summed E-state index contributed by atoms with van der Waals surface area (Å²) in [6.45, 7) is 0. The molecule has 1 saturated carbocycles. The Morgan fingerprint density at radius 3 is 2.85 bits per heavy atom. The van der Waals surface area contributed by atoms with E-state index in [-0.39, 0.29) is 10.9 Å². The molecule has 1 heterocycles. The molecule has 3 rings (SSSR count). The summed E-state index contributed by atoms with van der Waals surface area (Å²) >= 11 is 6.37. The van der Waals surface area contributed by atoms with Crippen molar-refractivity contribution < 1.29 is 4.79 Å². The van der Waals surface area contributed by atoms with Crippen LogP contribution >= 0.6 is 23.6 Å². The summed E-state index contributed by atoms with van der Waals surface area (Å²) in [6.07, 6.45) is 2.40. The summed E-state index contributed by atoms with van der Waals surface area (Å²) in [4.78, 5) is 16.9. The summed E-state index contributed by atoms with van der Waals surface area (Å²) in [5.41, 5.74) is 7.87. The molecule has 0 aliphatic heterocycles. The Hall–Kier alpha value is -1.79. The first-order chi connectivity index (χ1) is 9.63. The van der Waals surface area contributed by atoms with Crippen LogP contribution in [0.5, 0.6) is 0 Å². The van der Waals surface area contributed by atoms with E-state index in [1.54, 1.807) is 24.3 Å². The highest BCUT2D eigenvalue weighted by Gasteiger charge is 2.26. The van der Waals surface area contributed by atoms with Crippen molar-refractivity contribution in [1.82, 2.24) is 4.98 Å². The molecule has 1 aliphatic carbocycles. The molecule has 20 heavy (non-hydrogen) atoms. The van der Waals surface area contributed by atoms with E-state index in [2.05, 4.69) is 10.3 Å². The van der Waals surface area contributed by atoms with E-state index in [4.69, 9.17) is 18.0 Å². The Labute approximate surface area is 126 Å². The summed E-state index contributed by atoms with van der Waals surface area (Å²) in [5.74, 6) is 0.398. The van der Waals surface area contributed by atoms with Crippen molar-refractivity contribution in [1.29, 1.82) is 0 Å². The third kappa shape index (κ3) is 2.86. The highest BCUT2D eigenvalue weighted by Crippen LogP contribution is 2.40. The van der Waals surface area contributed by atoms with Crippen molar-refractivity contribution in [3.05, 3.63) is 46.5 Å². The highest BCUT2D eigenvalue weighted by molar-refractivity contribution is 7.80. The first-order valence-electron chi connectivity index (χ1n) is 6.30. The van der Waals surface area contributed by atoms with Crippen molar-refractivity contribution in [3.63, 3.8) is 0 Å². The third-order valence-electron chi connectivity index (χ3n) is 3.15. The van der Waals surface area contributed by atoms with E-state index < -0.39 is 0 Å². The molecule has 0 radical (unpaired) electrons. The Balaban J connectivity index is 1.74. The molecule has 1 fully saturated rings. The van der Waals surface area contributed by atoms with Crippen LogP contribution in [0.25, 0.3) is 0 Å². The average Bonchev–Trinajstić information content (AvgIpc) is 3.20. The molecular formula is C14H13N3OS2. The summed E-state index contributed by atoms with van der Waals surface area (Å²) < 4.78 is 0. The molecule has 3 N–H and O–H groups in total. The number of amides is 1. The maximum Gasteiger partial charge on any atom is 0.257 e. The molecule has 102 valence electrons. The van der Waals surface area contributed by atoms with Crippen molar-refractivity contribution in [2.45, 2.75) is 18.8 Å². The van der Waals surface area contributed by atoms with Gasteiger partial charge in [-0.25, -0.2) is 4.98 Å². The Bertz CT molecular complexity index is 677. The summed E-state index contributed by atoms with van der Waals surface area (Å²) in [7, 11) is 0. The molecule has 0 atom stereocenters. The SMILES string of the molecule is NC(=S)c1cccc(C(=O)Nc2nc(C3CC3)cs2)c1. The lowest BCUT2D eigenvalue weighted by Crippen LogP contribution is -2.14. The van der Waals surface area contributed by atoms with E-state index in [0.29, 0.717) is 22.2 Å². The predicted molar refractivity (Wildman–Crippen MR) is 84.4 cm³/mol. The number of nitrogens with two attached hydrogens (primary N) is 1. The van der Waals surface area contributed by atoms with E-state index in [1.807, 2.05) is 5.38 Å². The largest absolute Gasteiger partial charge is 0.389 e. The maximum atomic E-state index is 12.2. The van der Waals surface area contributed by atoms with E-state index >= 15 is 0 Å². The van der Waals surface area contributed by atoms with Gasteiger partial charge in [-0.3, -0.25) is 10.1 Å². The molecule has 1 amide bonds. The van der Waals surface area contributed by atoms with E-state index in [0.717, 1.165) is 5.69 Å². The second kappa shape index (κ2) is 5.30. The fraction of sp³-hybridized carbons (Fsp3) is 0.214. The second-order valence-electron chi connectivity index (χ2n) is 4.75. The van der Waals surface area contributed by atoms with E-state index in [1.165, 1.54) is 24.2 Å². The zero-order valence-corrected chi connectivity index (χ0v) is 12.3. The van der Waals surface area contributed by atoms with Gasteiger partial charge in [0.25, 0.3) is 5.91 Å². The van der Waals surface area contributed by atoms with Crippen molar-refractivity contribution in [3.8, 4) is 0 Å². The first kappa shape index (κ1) is 13.2. The monoisotopic (exact) mass is 303 g/mol. The van der Waals surface area contributed by atoms with Crippen LogP contribution in [0, 0.1) is 0 Å². The van der Waals surface area contributed by atoms with Gasteiger partial charge in [-0.15, -0.1) is 11.3 Å². The number of hydrogen-bond acceptors (Lipinski definition) is 4. The predicted octanol–water partition coefficient (Wildman–Crippen LogP) is 2.91. The fourth-order valence-electron chi connectivity index (χ4n) is 1.89. The van der Waals surface area contributed by atoms with Gasteiger partial charge >= 0.3 is 0 Å². The van der Waals surface area contributed by atoms with Gasteiger partial charge in [0, 0.05) is 22.4 Å². The molecule has 1 aliphatic rings. The number of carbonyl (C=O) groups is 1. The molecule has 1 aromatic carbocycles. The van der Waals surface area contributed by atoms with Crippen LogP contribution in [0.1, 0.15) is 40.4 Å². The number of benzene rings is 1. The highest BCUT2D eigenvalue weighted by atomic mass is 32.1. The third-order valence-corrected chi connectivity index (χ3v) is 4.16. The number of nitrogens with zero attached hydrogens (tertiary/aromatic N) is 1.